The van der Waals surface area contributed by atoms with E-state index < -0.39 is 11.8 Å². The molecule has 0 radical (unpaired) electrons. The van der Waals surface area contributed by atoms with Crippen LogP contribution in [0.15, 0.2) is 41.3 Å². The van der Waals surface area contributed by atoms with Gasteiger partial charge in [0.05, 0.1) is 17.7 Å². The van der Waals surface area contributed by atoms with Gasteiger partial charge in [-0.3, -0.25) is 0 Å². The van der Waals surface area contributed by atoms with Crippen LogP contribution in [0.3, 0.4) is 0 Å². The highest BCUT2D eigenvalue weighted by atomic mass is 32.2. The normalized spacial score (nSPS) is 14.8. The Hall–Kier alpha value is -2.25. The molecule has 134 valence electrons. The minimum atomic E-state index is -0.527. The van der Waals surface area contributed by atoms with Gasteiger partial charge in [-0.2, -0.15) is 0 Å². The van der Waals surface area contributed by atoms with E-state index in [2.05, 4.69) is 37.8 Å². The molecule has 2 nitrogen and oxygen atoms in total. The van der Waals surface area contributed by atoms with Crippen molar-refractivity contribution < 1.29 is 13.9 Å². The van der Waals surface area contributed by atoms with Crippen LogP contribution in [-0.2, 0) is 10.2 Å². The second-order valence-corrected chi connectivity index (χ2v) is 8.00. The highest BCUT2D eigenvalue weighted by molar-refractivity contribution is 7.99. The van der Waals surface area contributed by atoms with Gasteiger partial charge in [0.2, 0.25) is 0 Å². The highest BCUT2D eigenvalue weighted by Gasteiger charge is 2.27. The maximum atomic E-state index is 14.2. The Morgan fingerprint density at radius 1 is 1.23 bits per heavy atom. The van der Waals surface area contributed by atoms with Crippen molar-refractivity contribution in [2.75, 3.05) is 12.4 Å². The average molecular weight is 368 g/mol. The molecule has 0 saturated heterocycles. The molecule has 0 aromatic heterocycles. The monoisotopic (exact) mass is 368 g/mol. The third-order valence-corrected chi connectivity index (χ3v) is 5.59. The van der Waals surface area contributed by atoms with Crippen LogP contribution in [0.4, 0.5) is 4.39 Å². The summed E-state index contributed by atoms with van der Waals surface area (Å²) in [5.41, 5.74) is 2.77. The average Bonchev–Trinajstić information content (AvgIpc) is 2.61. The third-order valence-electron chi connectivity index (χ3n) is 4.52. The fourth-order valence-electron chi connectivity index (χ4n) is 2.91. The summed E-state index contributed by atoms with van der Waals surface area (Å²) >= 11 is 1.87. The zero-order valence-electron chi connectivity index (χ0n) is 15.2. The predicted octanol–water partition coefficient (Wildman–Crippen LogP) is 5.18. The Morgan fingerprint density at radius 2 is 2.04 bits per heavy atom. The molecule has 1 heterocycles. The Morgan fingerprint density at radius 3 is 2.77 bits per heavy atom. The van der Waals surface area contributed by atoms with Crippen molar-refractivity contribution in [1.29, 1.82) is 0 Å². The van der Waals surface area contributed by atoms with E-state index in [1.54, 1.807) is 6.92 Å². The maximum absolute atomic E-state index is 14.2. The molecule has 0 unspecified atom stereocenters. The van der Waals surface area contributed by atoms with Gasteiger partial charge < -0.3 is 4.74 Å². The lowest BCUT2D eigenvalue weighted by Crippen LogP contribution is -2.22. The van der Waals surface area contributed by atoms with Crippen LogP contribution >= 0.6 is 11.8 Å². The van der Waals surface area contributed by atoms with Crippen molar-refractivity contribution in [1.82, 2.24) is 0 Å². The standard InChI is InChI=1S/C22H21FO2S/c1-4-25-21(24)17-9-8-16(19(23)14-17)7-5-15-6-10-20-18(13-15)22(2,3)11-12-26-20/h6,8-10,13-14H,4,11-12H2,1-3H3. The lowest BCUT2D eigenvalue weighted by molar-refractivity contribution is 0.0526. The minimum Gasteiger partial charge on any atom is -0.462 e. The van der Waals surface area contributed by atoms with E-state index in [0.717, 1.165) is 17.7 Å². The van der Waals surface area contributed by atoms with Gasteiger partial charge in [-0.15, -0.1) is 11.8 Å². The second kappa shape index (κ2) is 7.55. The molecule has 4 heteroatoms. The smallest absolute Gasteiger partial charge is 0.338 e. The van der Waals surface area contributed by atoms with Gasteiger partial charge in [-0.05, 0) is 66.5 Å². The summed E-state index contributed by atoms with van der Waals surface area (Å²) in [6.07, 6.45) is 1.13. The molecule has 3 rings (SSSR count). The van der Waals surface area contributed by atoms with Gasteiger partial charge in [0.25, 0.3) is 0 Å². The van der Waals surface area contributed by atoms with Gasteiger partial charge in [0.15, 0.2) is 0 Å². The molecule has 0 atom stereocenters. The highest BCUT2D eigenvalue weighted by Crippen LogP contribution is 2.41. The molecule has 26 heavy (non-hydrogen) atoms. The first-order valence-electron chi connectivity index (χ1n) is 8.67. The van der Waals surface area contributed by atoms with Crippen LogP contribution in [0.25, 0.3) is 0 Å². The number of esters is 1. The molecular formula is C22H21FO2S. The number of hydrogen-bond donors (Lipinski definition) is 0. The molecule has 0 N–H and O–H groups in total. The number of halogens is 1. The number of rotatable bonds is 2. The molecule has 1 aliphatic rings. The molecule has 2 aromatic carbocycles. The predicted molar refractivity (Wildman–Crippen MR) is 103 cm³/mol. The van der Waals surface area contributed by atoms with E-state index >= 15 is 0 Å². The first-order valence-corrected chi connectivity index (χ1v) is 9.65. The Bertz CT molecular complexity index is 906. The molecule has 0 saturated carbocycles. The Labute approximate surface area is 158 Å². The number of thioether (sulfide) groups is 1. The minimum absolute atomic E-state index is 0.130. The van der Waals surface area contributed by atoms with Crippen molar-refractivity contribution in [2.45, 2.75) is 37.5 Å². The summed E-state index contributed by atoms with van der Waals surface area (Å²) < 4.78 is 19.1. The number of benzene rings is 2. The van der Waals surface area contributed by atoms with Gasteiger partial charge >= 0.3 is 5.97 Å². The van der Waals surface area contributed by atoms with E-state index in [4.69, 9.17) is 4.74 Å². The van der Waals surface area contributed by atoms with Crippen LogP contribution in [-0.4, -0.2) is 18.3 Å². The van der Waals surface area contributed by atoms with Gasteiger partial charge in [-0.1, -0.05) is 25.7 Å². The summed E-state index contributed by atoms with van der Waals surface area (Å²) in [7, 11) is 0. The summed E-state index contributed by atoms with van der Waals surface area (Å²) in [5, 5.41) is 0. The topological polar surface area (TPSA) is 26.3 Å². The van der Waals surface area contributed by atoms with E-state index in [9.17, 15) is 9.18 Å². The lowest BCUT2D eigenvalue weighted by Gasteiger charge is -2.32. The molecule has 1 aliphatic heterocycles. The van der Waals surface area contributed by atoms with E-state index in [0.29, 0.717) is 0 Å². The van der Waals surface area contributed by atoms with Crippen molar-refractivity contribution in [2.24, 2.45) is 0 Å². The SMILES string of the molecule is CCOC(=O)c1ccc(C#Cc2ccc3c(c2)C(C)(C)CCS3)c(F)c1. The Kier molecular flexibility index (Phi) is 5.38. The zero-order chi connectivity index (χ0) is 18.7. The molecule has 0 aliphatic carbocycles. The molecule has 0 fully saturated rings. The number of ether oxygens (including phenoxy) is 1. The van der Waals surface area contributed by atoms with E-state index in [-0.39, 0.29) is 23.1 Å². The second-order valence-electron chi connectivity index (χ2n) is 6.86. The summed E-state index contributed by atoms with van der Waals surface area (Å²) in [6, 6.07) is 10.4. The zero-order valence-corrected chi connectivity index (χ0v) is 16.0. The van der Waals surface area contributed by atoms with E-state index in [1.165, 1.54) is 28.7 Å². The first-order chi connectivity index (χ1) is 12.4. The molecule has 0 spiro atoms. The summed E-state index contributed by atoms with van der Waals surface area (Å²) in [4.78, 5) is 13.0. The number of fused-ring (bicyclic) bond motifs is 1. The van der Waals surface area contributed by atoms with Crippen molar-refractivity contribution in [3.05, 3.63) is 64.5 Å². The van der Waals surface area contributed by atoms with Crippen molar-refractivity contribution in [3.8, 4) is 11.8 Å². The number of hydrogen-bond acceptors (Lipinski definition) is 3. The quantitative estimate of drug-likeness (QED) is 0.540. The molecule has 0 amide bonds. The van der Waals surface area contributed by atoms with Crippen molar-refractivity contribution in [3.63, 3.8) is 0 Å². The van der Waals surface area contributed by atoms with Gasteiger partial charge in [0.1, 0.15) is 5.82 Å². The number of carbonyl (C=O) groups is 1. The largest absolute Gasteiger partial charge is 0.462 e. The fraction of sp³-hybridized carbons (Fsp3) is 0.318. The summed E-state index contributed by atoms with van der Waals surface area (Å²) in [5.74, 6) is 6.01. The van der Waals surface area contributed by atoms with Crippen LogP contribution in [0, 0.1) is 17.7 Å². The first kappa shape index (κ1) is 18.5. The maximum Gasteiger partial charge on any atom is 0.338 e. The lowest BCUT2D eigenvalue weighted by atomic mass is 9.81. The molecular weight excluding hydrogens is 347 g/mol. The van der Waals surface area contributed by atoms with E-state index in [1.807, 2.05) is 17.8 Å². The molecule has 0 bridgehead atoms. The Balaban J connectivity index is 1.87. The summed E-state index contributed by atoms with van der Waals surface area (Å²) in [6.45, 7) is 6.47. The van der Waals surface area contributed by atoms with Crippen LogP contribution in [0.1, 0.15) is 54.2 Å². The molecule has 2 aromatic rings. The van der Waals surface area contributed by atoms with Crippen molar-refractivity contribution >= 4 is 17.7 Å². The van der Waals surface area contributed by atoms with Crippen LogP contribution in [0.2, 0.25) is 0 Å². The van der Waals surface area contributed by atoms with Gasteiger partial charge in [-0.25, -0.2) is 9.18 Å². The number of carbonyl (C=O) groups excluding carboxylic acids is 1. The third kappa shape index (κ3) is 3.94. The fourth-order valence-corrected chi connectivity index (χ4v) is 4.40. The van der Waals surface area contributed by atoms with Crippen LogP contribution < -0.4 is 0 Å². The van der Waals surface area contributed by atoms with Crippen LogP contribution in [0.5, 0.6) is 0 Å². The van der Waals surface area contributed by atoms with Gasteiger partial charge in [0, 0.05) is 10.5 Å².